The summed E-state index contributed by atoms with van der Waals surface area (Å²) >= 11 is 1.59. The Morgan fingerprint density at radius 1 is 1.17 bits per heavy atom. The van der Waals surface area contributed by atoms with Crippen LogP contribution in [0, 0.1) is 24.7 Å². The van der Waals surface area contributed by atoms with Crippen LogP contribution in [0.15, 0.2) is 0 Å². The van der Waals surface area contributed by atoms with Crippen LogP contribution in [0.25, 0.3) is 0 Å². The van der Waals surface area contributed by atoms with Crippen LogP contribution in [0.4, 0.5) is 5.13 Å². The van der Waals surface area contributed by atoms with Crippen molar-refractivity contribution >= 4 is 16.5 Å². The van der Waals surface area contributed by atoms with Gasteiger partial charge < -0.3 is 10.4 Å². The Bertz CT molecular complexity index is 427. The quantitative estimate of drug-likeness (QED) is 0.859. The Labute approximate surface area is 112 Å². The Kier molecular flexibility index (Phi) is 2.23. The van der Waals surface area contributed by atoms with Gasteiger partial charge in [-0.05, 0) is 63.2 Å². The molecule has 4 saturated carbocycles. The van der Waals surface area contributed by atoms with Crippen molar-refractivity contribution in [3.63, 3.8) is 0 Å². The first kappa shape index (κ1) is 11.1. The molecular formula is C14H20N2OS. The predicted molar refractivity (Wildman–Crippen MR) is 73.0 cm³/mol. The molecule has 0 saturated heterocycles. The molecule has 4 aliphatic rings. The van der Waals surface area contributed by atoms with Crippen molar-refractivity contribution in [3.8, 4) is 5.88 Å². The largest absolute Gasteiger partial charge is 0.492 e. The minimum absolute atomic E-state index is 0.201. The number of rotatable bonds is 2. The van der Waals surface area contributed by atoms with E-state index < -0.39 is 0 Å². The minimum Gasteiger partial charge on any atom is -0.492 e. The highest BCUT2D eigenvalue weighted by Gasteiger charge is 2.51. The van der Waals surface area contributed by atoms with Crippen molar-refractivity contribution < 1.29 is 5.11 Å². The molecule has 0 radical (unpaired) electrons. The third-order valence-corrected chi connectivity index (χ3v) is 6.06. The molecule has 1 heterocycles. The number of anilines is 1. The first-order valence-corrected chi connectivity index (χ1v) is 7.88. The maximum atomic E-state index is 9.61. The average Bonchev–Trinajstić information content (AvgIpc) is 2.54. The summed E-state index contributed by atoms with van der Waals surface area (Å²) in [6, 6.07) is 0. The Morgan fingerprint density at radius 3 is 2.17 bits per heavy atom. The van der Waals surface area contributed by atoms with Gasteiger partial charge in [-0.15, -0.1) is 0 Å². The van der Waals surface area contributed by atoms with E-state index in [1.54, 1.807) is 11.3 Å². The Morgan fingerprint density at radius 2 is 1.72 bits per heavy atom. The van der Waals surface area contributed by atoms with E-state index >= 15 is 0 Å². The maximum Gasteiger partial charge on any atom is 0.226 e. The number of nitrogens with one attached hydrogen (secondary N) is 1. The number of aryl methyl sites for hydroxylation is 1. The van der Waals surface area contributed by atoms with Gasteiger partial charge in [-0.1, -0.05) is 11.3 Å². The second kappa shape index (κ2) is 3.62. The normalized spacial score (nSPS) is 41.3. The fourth-order valence-corrected chi connectivity index (χ4v) is 5.76. The molecule has 4 heteroatoms. The van der Waals surface area contributed by atoms with E-state index in [-0.39, 0.29) is 5.88 Å². The molecule has 1 aromatic heterocycles. The van der Waals surface area contributed by atoms with Crippen LogP contribution in [0.5, 0.6) is 5.88 Å². The van der Waals surface area contributed by atoms with Gasteiger partial charge in [-0.2, -0.15) is 4.98 Å². The number of aromatic hydroxyl groups is 1. The standard InChI is InChI=1S/C14H20N2OS/c1-8-12(17)15-13(18-8)16-14-5-9-2-10(6-14)4-11(3-9)7-14/h9-11,17H,2-7H2,1H3,(H,15,16). The average molecular weight is 264 g/mol. The van der Waals surface area contributed by atoms with E-state index in [0.717, 1.165) is 27.8 Å². The molecule has 0 aromatic carbocycles. The first-order chi connectivity index (χ1) is 8.62. The number of aromatic nitrogens is 1. The summed E-state index contributed by atoms with van der Waals surface area (Å²) in [7, 11) is 0. The first-order valence-electron chi connectivity index (χ1n) is 7.06. The van der Waals surface area contributed by atoms with Crippen LogP contribution in [0.2, 0.25) is 0 Å². The van der Waals surface area contributed by atoms with Crippen LogP contribution in [0.3, 0.4) is 0 Å². The fourth-order valence-electron chi connectivity index (χ4n) is 4.93. The molecule has 5 rings (SSSR count). The number of thiazole rings is 1. The number of hydrogen-bond acceptors (Lipinski definition) is 4. The topological polar surface area (TPSA) is 45.2 Å². The summed E-state index contributed by atoms with van der Waals surface area (Å²) in [4.78, 5) is 5.17. The van der Waals surface area contributed by atoms with Crippen LogP contribution >= 0.6 is 11.3 Å². The van der Waals surface area contributed by atoms with E-state index in [9.17, 15) is 5.11 Å². The van der Waals surface area contributed by atoms with E-state index in [4.69, 9.17) is 0 Å². The number of nitrogens with zero attached hydrogens (tertiary/aromatic N) is 1. The van der Waals surface area contributed by atoms with Crippen molar-refractivity contribution in [2.75, 3.05) is 5.32 Å². The molecule has 1 aromatic rings. The fraction of sp³-hybridized carbons (Fsp3) is 0.786. The minimum atomic E-state index is 0.201. The summed E-state index contributed by atoms with van der Waals surface area (Å²) in [5.41, 5.74) is 0.297. The van der Waals surface area contributed by atoms with Gasteiger partial charge in [0.25, 0.3) is 0 Å². The zero-order valence-corrected chi connectivity index (χ0v) is 11.6. The van der Waals surface area contributed by atoms with Gasteiger partial charge in [-0.25, -0.2) is 0 Å². The molecule has 0 atom stereocenters. The third-order valence-electron chi connectivity index (χ3n) is 5.18. The molecule has 0 unspecified atom stereocenters. The summed E-state index contributed by atoms with van der Waals surface area (Å²) in [6.07, 6.45) is 8.34. The third kappa shape index (κ3) is 1.65. The van der Waals surface area contributed by atoms with Crippen LogP contribution in [-0.4, -0.2) is 15.6 Å². The van der Waals surface area contributed by atoms with Crippen LogP contribution in [-0.2, 0) is 0 Å². The molecule has 2 N–H and O–H groups in total. The van der Waals surface area contributed by atoms with Gasteiger partial charge in [0.1, 0.15) is 0 Å². The summed E-state index contributed by atoms with van der Waals surface area (Å²) < 4.78 is 0. The van der Waals surface area contributed by atoms with Gasteiger partial charge in [-0.3, -0.25) is 0 Å². The zero-order valence-electron chi connectivity index (χ0n) is 10.8. The van der Waals surface area contributed by atoms with Crippen molar-refractivity contribution in [1.82, 2.24) is 4.98 Å². The lowest BCUT2D eigenvalue weighted by atomic mass is 9.53. The van der Waals surface area contributed by atoms with Gasteiger partial charge in [0.05, 0.1) is 4.88 Å². The highest BCUT2D eigenvalue weighted by molar-refractivity contribution is 7.15. The predicted octanol–water partition coefficient (Wildman–Crippen LogP) is 3.54. The molecule has 0 aliphatic heterocycles. The van der Waals surface area contributed by atoms with Gasteiger partial charge >= 0.3 is 0 Å². The molecule has 4 fully saturated rings. The summed E-state index contributed by atoms with van der Waals surface area (Å²) in [6.45, 7) is 1.93. The second-order valence-electron chi connectivity index (χ2n) is 6.72. The van der Waals surface area contributed by atoms with E-state index in [1.165, 1.54) is 38.5 Å². The van der Waals surface area contributed by atoms with E-state index in [2.05, 4.69) is 10.3 Å². The molecule has 4 aliphatic carbocycles. The van der Waals surface area contributed by atoms with E-state index in [0.29, 0.717) is 5.54 Å². The smallest absolute Gasteiger partial charge is 0.226 e. The SMILES string of the molecule is Cc1sc(NC23CC4CC(CC(C4)C2)C3)nc1O. The second-order valence-corrected chi connectivity index (χ2v) is 7.92. The van der Waals surface area contributed by atoms with Gasteiger partial charge in [0, 0.05) is 5.54 Å². The Hall–Kier alpha value is -0.770. The van der Waals surface area contributed by atoms with Gasteiger partial charge in [0.2, 0.25) is 5.88 Å². The van der Waals surface area contributed by atoms with Crippen LogP contribution < -0.4 is 5.32 Å². The van der Waals surface area contributed by atoms with Crippen molar-refractivity contribution in [1.29, 1.82) is 0 Å². The monoisotopic (exact) mass is 264 g/mol. The lowest BCUT2D eigenvalue weighted by Crippen LogP contribution is -2.54. The molecular weight excluding hydrogens is 244 g/mol. The van der Waals surface area contributed by atoms with E-state index in [1.807, 2.05) is 6.92 Å². The highest BCUT2D eigenvalue weighted by Crippen LogP contribution is 2.56. The van der Waals surface area contributed by atoms with Gasteiger partial charge in [0.15, 0.2) is 5.13 Å². The lowest BCUT2D eigenvalue weighted by molar-refractivity contribution is 0.0107. The molecule has 0 spiro atoms. The molecule has 0 amide bonds. The summed E-state index contributed by atoms with van der Waals surface area (Å²) in [5, 5.41) is 14.2. The molecule has 4 bridgehead atoms. The highest BCUT2D eigenvalue weighted by atomic mass is 32.1. The van der Waals surface area contributed by atoms with Crippen LogP contribution in [0.1, 0.15) is 43.4 Å². The maximum absolute atomic E-state index is 9.61. The Balaban J connectivity index is 1.60. The summed E-state index contributed by atoms with van der Waals surface area (Å²) in [5.74, 6) is 3.03. The molecule has 3 nitrogen and oxygen atoms in total. The lowest BCUT2D eigenvalue weighted by Gasteiger charge is -2.56. The molecule has 18 heavy (non-hydrogen) atoms. The van der Waals surface area contributed by atoms with Crippen molar-refractivity contribution in [2.24, 2.45) is 17.8 Å². The zero-order chi connectivity index (χ0) is 12.3. The number of hydrogen-bond donors (Lipinski definition) is 2. The molecule has 98 valence electrons. The van der Waals surface area contributed by atoms with Crippen molar-refractivity contribution in [3.05, 3.63) is 4.88 Å². The van der Waals surface area contributed by atoms with Crippen molar-refractivity contribution in [2.45, 2.75) is 51.0 Å².